The van der Waals surface area contributed by atoms with Crippen LogP contribution in [0.2, 0.25) is 0 Å². The van der Waals surface area contributed by atoms with Crippen LogP contribution in [0.5, 0.6) is 17.2 Å². The van der Waals surface area contributed by atoms with E-state index in [1.165, 1.54) is 0 Å². The average Bonchev–Trinajstić information content (AvgIpc) is 2.53. The molecular formula is C22H30BrNO3. The van der Waals surface area contributed by atoms with E-state index in [1.54, 1.807) is 12.1 Å². The van der Waals surface area contributed by atoms with Gasteiger partial charge in [0.2, 0.25) is 0 Å². The van der Waals surface area contributed by atoms with E-state index in [0.717, 1.165) is 34.3 Å². The first-order valence-electron chi connectivity index (χ1n) is 9.29. The highest BCUT2D eigenvalue weighted by atomic mass is 79.9. The monoisotopic (exact) mass is 435 g/mol. The van der Waals surface area contributed by atoms with E-state index in [0.29, 0.717) is 24.7 Å². The van der Waals surface area contributed by atoms with Crippen LogP contribution in [0.4, 0.5) is 5.69 Å². The maximum Gasteiger partial charge on any atom is 0.142 e. The number of benzene rings is 2. The van der Waals surface area contributed by atoms with Gasteiger partial charge in [0, 0.05) is 17.1 Å². The second-order valence-electron chi connectivity index (χ2n) is 8.10. The summed E-state index contributed by atoms with van der Waals surface area (Å²) in [6.07, 6.45) is 0.794. The number of phenols is 2. The number of hydrogen-bond donors (Lipinski definition) is 2. The van der Waals surface area contributed by atoms with Crippen LogP contribution in [-0.4, -0.2) is 29.9 Å². The maximum atomic E-state index is 10.8. The van der Waals surface area contributed by atoms with Gasteiger partial charge in [-0.25, -0.2) is 0 Å². The van der Waals surface area contributed by atoms with E-state index in [9.17, 15) is 10.2 Å². The number of phenolic OH excluding ortho intramolecular Hbond substituents is 2. The number of likely N-dealkylation sites (N-methyl/N-ethyl adjacent to an activating group) is 1. The predicted molar refractivity (Wildman–Crippen MR) is 115 cm³/mol. The number of ether oxygens (including phenoxy) is 1. The number of anilines is 1. The van der Waals surface area contributed by atoms with Gasteiger partial charge in [-0.1, -0.05) is 36.7 Å². The van der Waals surface area contributed by atoms with Crippen molar-refractivity contribution in [3.8, 4) is 17.2 Å². The Kier molecular flexibility index (Phi) is 7.04. The molecule has 0 aliphatic rings. The first-order chi connectivity index (χ1) is 12.6. The lowest BCUT2D eigenvalue weighted by Gasteiger charge is -2.27. The van der Waals surface area contributed by atoms with E-state index < -0.39 is 0 Å². The van der Waals surface area contributed by atoms with Crippen molar-refractivity contribution in [2.45, 2.75) is 41.0 Å². The van der Waals surface area contributed by atoms with Crippen LogP contribution in [-0.2, 0) is 6.42 Å². The van der Waals surface area contributed by atoms with Gasteiger partial charge in [0.15, 0.2) is 0 Å². The molecule has 0 aliphatic carbocycles. The molecule has 5 heteroatoms. The van der Waals surface area contributed by atoms with Gasteiger partial charge in [-0.3, -0.25) is 0 Å². The Labute approximate surface area is 170 Å². The molecule has 0 atom stereocenters. The van der Waals surface area contributed by atoms with E-state index in [2.05, 4.69) is 48.5 Å². The molecule has 0 aliphatic heterocycles. The van der Waals surface area contributed by atoms with Crippen molar-refractivity contribution in [2.24, 2.45) is 5.41 Å². The molecule has 0 fully saturated rings. The summed E-state index contributed by atoms with van der Waals surface area (Å²) < 4.78 is 6.76. The number of rotatable bonds is 7. The van der Waals surface area contributed by atoms with Crippen LogP contribution in [0.25, 0.3) is 0 Å². The van der Waals surface area contributed by atoms with Gasteiger partial charge in [-0.2, -0.15) is 0 Å². The highest BCUT2D eigenvalue weighted by Crippen LogP contribution is 2.37. The molecule has 0 saturated carbocycles. The Morgan fingerprint density at radius 3 is 2.37 bits per heavy atom. The van der Waals surface area contributed by atoms with Crippen molar-refractivity contribution in [1.29, 1.82) is 0 Å². The molecule has 2 N–H and O–H groups in total. The van der Waals surface area contributed by atoms with Crippen molar-refractivity contribution in [2.75, 3.05) is 24.6 Å². The zero-order chi connectivity index (χ0) is 20.2. The van der Waals surface area contributed by atoms with Crippen LogP contribution in [0.3, 0.4) is 0 Å². The second-order valence-corrected chi connectivity index (χ2v) is 9.02. The number of aromatic hydroxyl groups is 2. The number of aryl methyl sites for hydroxylation is 1. The summed E-state index contributed by atoms with van der Waals surface area (Å²) in [5, 5.41) is 20.5. The molecule has 148 valence electrons. The van der Waals surface area contributed by atoms with E-state index in [-0.39, 0.29) is 11.2 Å². The van der Waals surface area contributed by atoms with E-state index in [4.69, 9.17) is 4.74 Å². The van der Waals surface area contributed by atoms with Crippen LogP contribution in [0, 0.1) is 12.3 Å². The van der Waals surface area contributed by atoms with Crippen LogP contribution in [0.15, 0.2) is 34.8 Å². The SMILES string of the molecule is CCN(CCOc1cc(C)cc(O)c1)c1cc(Br)cc(CC(C)(C)C)c1O. The van der Waals surface area contributed by atoms with Gasteiger partial charge in [-0.05, 0) is 61.1 Å². The topological polar surface area (TPSA) is 52.9 Å². The highest BCUT2D eigenvalue weighted by molar-refractivity contribution is 9.10. The fraction of sp³-hybridized carbons (Fsp3) is 0.455. The molecule has 0 aromatic heterocycles. The summed E-state index contributed by atoms with van der Waals surface area (Å²) in [4.78, 5) is 2.10. The van der Waals surface area contributed by atoms with Crippen LogP contribution in [0.1, 0.15) is 38.8 Å². The Hall–Kier alpha value is -1.88. The number of halogens is 1. The zero-order valence-corrected chi connectivity index (χ0v) is 18.4. The standard InChI is InChI=1S/C22H30BrNO3/c1-6-24(7-8-27-19-10-15(2)9-18(25)13-19)20-12-17(23)11-16(21(20)26)14-22(3,4)5/h9-13,25-26H,6-8,14H2,1-5H3. The molecule has 2 aromatic rings. The van der Waals surface area contributed by atoms with Gasteiger partial charge >= 0.3 is 0 Å². The van der Waals surface area contributed by atoms with Gasteiger partial charge in [0.1, 0.15) is 23.9 Å². The normalized spacial score (nSPS) is 11.5. The third-order valence-corrected chi connectivity index (χ3v) is 4.70. The summed E-state index contributed by atoms with van der Waals surface area (Å²) >= 11 is 3.58. The fourth-order valence-corrected chi connectivity index (χ4v) is 3.61. The molecule has 27 heavy (non-hydrogen) atoms. The summed E-state index contributed by atoms with van der Waals surface area (Å²) in [5.41, 5.74) is 2.79. The summed E-state index contributed by atoms with van der Waals surface area (Å²) in [6.45, 7) is 12.3. The molecular weight excluding hydrogens is 406 g/mol. The smallest absolute Gasteiger partial charge is 0.142 e. The molecule has 2 rings (SSSR count). The fourth-order valence-electron chi connectivity index (χ4n) is 3.12. The van der Waals surface area contributed by atoms with Crippen molar-refractivity contribution >= 4 is 21.6 Å². The Morgan fingerprint density at radius 2 is 1.78 bits per heavy atom. The van der Waals surface area contributed by atoms with Gasteiger partial charge in [-0.15, -0.1) is 0 Å². The molecule has 0 unspecified atom stereocenters. The van der Waals surface area contributed by atoms with Crippen molar-refractivity contribution in [3.05, 3.63) is 45.9 Å². The van der Waals surface area contributed by atoms with Gasteiger partial charge in [0.05, 0.1) is 12.2 Å². The number of nitrogens with zero attached hydrogens (tertiary/aromatic N) is 1. The lowest BCUT2D eigenvalue weighted by atomic mass is 9.87. The minimum Gasteiger partial charge on any atom is -0.508 e. The third-order valence-electron chi connectivity index (χ3n) is 4.24. The Morgan fingerprint density at radius 1 is 1.07 bits per heavy atom. The Balaban J connectivity index is 2.14. The minimum absolute atomic E-state index is 0.0862. The highest BCUT2D eigenvalue weighted by Gasteiger charge is 2.19. The van der Waals surface area contributed by atoms with E-state index in [1.807, 2.05) is 25.1 Å². The molecule has 0 heterocycles. The second kappa shape index (κ2) is 8.87. The maximum absolute atomic E-state index is 10.8. The molecule has 0 amide bonds. The van der Waals surface area contributed by atoms with Gasteiger partial charge in [0.25, 0.3) is 0 Å². The molecule has 0 saturated heterocycles. The summed E-state index contributed by atoms with van der Waals surface area (Å²) in [5.74, 6) is 1.19. The largest absolute Gasteiger partial charge is 0.508 e. The first-order valence-corrected chi connectivity index (χ1v) is 10.1. The summed E-state index contributed by atoms with van der Waals surface area (Å²) in [7, 11) is 0. The van der Waals surface area contributed by atoms with Gasteiger partial charge < -0.3 is 19.8 Å². The summed E-state index contributed by atoms with van der Waals surface area (Å²) in [6, 6.07) is 9.14. The molecule has 2 aromatic carbocycles. The van der Waals surface area contributed by atoms with E-state index >= 15 is 0 Å². The van der Waals surface area contributed by atoms with Crippen molar-refractivity contribution < 1.29 is 14.9 Å². The average molecular weight is 436 g/mol. The lowest BCUT2D eigenvalue weighted by molar-refractivity contribution is 0.321. The van der Waals surface area contributed by atoms with Crippen molar-refractivity contribution in [1.82, 2.24) is 0 Å². The quantitative estimate of drug-likeness (QED) is 0.588. The third kappa shape index (κ3) is 6.35. The molecule has 0 spiro atoms. The van der Waals surface area contributed by atoms with Crippen LogP contribution < -0.4 is 9.64 Å². The Bertz CT molecular complexity index is 764. The van der Waals surface area contributed by atoms with Crippen molar-refractivity contribution in [3.63, 3.8) is 0 Å². The minimum atomic E-state index is 0.0862. The molecule has 0 radical (unpaired) electrons. The molecule has 4 nitrogen and oxygen atoms in total. The predicted octanol–water partition coefficient (Wildman–Crippen LogP) is 5.66. The zero-order valence-electron chi connectivity index (χ0n) is 16.8. The van der Waals surface area contributed by atoms with Crippen LogP contribution >= 0.6 is 15.9 Å². The lowest BCUT2D eigenvalue weighted by Crippen LogP contribution is -2.28. The molecule has 0 bridgehead atoms. The number of hydrogen-bond acceptors (Lipinski definition) is 4. The first kappa shape index (κ1) is 21.4.